The molecular formula is C14H18N4O. The van der Waals surface area contributed by atoms with E-state index in [-0.39, 0.29) is 5.91 Å². The molecule has 1 fully saturated rings. The second-order valence-electron chi connectivity index (χ2n) is 5.04. The van der Waals surface area contributed by atoms with Crippen molar-refractivity contribution in [1.29, 1.82) is 0 Å². The Hall–Kier alpha value is -2.04. The average Bonchev–Trinajstić information content (AvgIpc) is 3.09. The van der Waals surface area contributed by atoms with Gasteiger partial charge >= 0.3 is 0 Å². The molecule has 5 heteroatoms. The van der Waals surface area contributed by atoms with Crippen LogP contribution >= 0.6 is 0 Å². The Kier molecular flexibility index (Phi) is 3.11. The Morgan fingerprint density at radius 1 is 1.37 bits per heavy atom. The normalized spacial score (nSPS) is 19.6. The van der Waals surface area contributed by atoms with Crippen LogP contribution in [0.3, 0.4) is 0 Å². The maximum absolute atomic E-state index is 12.5. The summed E-state index contributed by atoms with van der Waals surface area (Å²) in [4.78, 5) is 14.4. The van der Waals surface area contributed by atoms with Gasteiger partial charge in [0.1, 0.15) is 5.69 Å². The van der Waals surface area contributed by atoms with E-state index in [4.69, 9.17) is 0 Å². The molecule has 5 nitrogen and oxygen atoms in total. The predicted octanol–water partition coefficient (Wildman–Crippen LogP) is 1.70. The summed E-state index contributed by atoms with van der Waals surface area (Å²) in [6.45, 7) is 1.58. The summed E-state index contributed by atoms with van der Waals surface area (Å²) in [5, 5.41) is 4.29. The lowest BCUT2D eigenvalue weighted by molar-refractivity contribution is 0.0663. The van der Waals surface area contributed by atoms with Crippen molar-refractivity contribution in [3.05, 3.63) is 42.5 Å². The predicted molar refractivity (Wildman–Crippen MR) is 71.8 cm³/mol. The number of likely N-dealkylation sites (tertiary alicyclic amines) is 1. The highest BCUT2D eigenvalue weighted by Crippen LogP contribution is 2.22. The third kappa shape index (κ3) is 2.28. The number of rotatable bonds is 2. The Morgan fingerprint density at radius 2 is 2.26 bits per heavy atom. The summed E-state index contributed by atoms with van der Waals surface area (Å²) < 4.78 is 3.84. The highest BCUT2D eigenvalue weighted by Gasteiger charge is 2.26. The molecule has 19 heavy (non-hydrogen) atoms. The molecular weight excluding hydrogens is 240 g/mol. The van der Waals surface area contributed by atoms with Crippen LogP contribution in [0.5, 0.6) is 0 Å². The van der Waals surface area contributed by atoms with Crippen molar-refractivity contribution in [2.45, 2.75) is 18.9 Å². The van der Waals surface area contributed by atoms with Gasteiger partial charge in [-0.2, -0.15) is 5.10 Å². The lowest BCUT2D eigenvalue weighted by Crippen LogP contribution is -2.41. The first kappa shape index (κ1) is 12.0. The number of hydrogen-bond acceptors (Lipinski definition) is 2. The maximum Gasteiger partial charge on any atom is 0.270 e. The Balaban J connectivity index is 1.75. The van der Waals surface area contributed by atoms with Crippen molar-refractivity contribution >= 4 is 5.91 Å². The van der Waals surface area contributed by atoms with E-state index in [9.17, 15) is 4.79 Å². The van der Waals surface area contributed by atoms with Crippen molar-refractivity contribution < 1.29 is 4.79 Å². The number of piperidine rings is 1. The molecule has 0 aliphatic carbocycles. The third-order valence-electron chi connectivity index (χ3n) is 3.75. The highest BCUT2D eigenvalue weighted by molar-refractivity contribution is 5.92. The van der Waals surface area contributed by atoms with Gasteiger partial charge in [0.2, 0.25) is 0 Å². The topological polar surface area (TPSA) is 43.1 Å². The lowest BCUT2D eigenvalue weighted by atomic mass is 10.1. The standard InChI is InChI=1S/C14H18N4O/c1-16-8-3-6-13(16)14(19)17-9-2-5-12(11-17)18-10-4-7-15-18/h3-4,6-8,10,12H,2,5,9,11H2,1H3/t12-/m1/s1. The van der Waals surface area contributed by atoms with Gasteiger partial charge in [-0.05, 0) is 31.0 Å². The van der Waals surface area contributed by atoms with Crippen LogP contribution in [0.15, 0.2) is 36.8 Å². The molecule has 1 aliphatic rings. The SMILES string of the molecule is Cn1cccc1C(=O)N1CCC[C@@H](n2cccn2)C1. The average molecular weight is 258 g/mol. The van der Waals surface area contributed by atoms with Gasteiger partial charge in [0.15, 0.2) is 0 Å². The van der Waals surface area contributed by atoms with Crippen LogP contribution in [0.4, 0.5) is 0 Å². The summed E-state index contributed by atoms with van der Waals surface area (Å²) in [5.41, 5.74) is 0.751. The molecule has 0 N–H and O–H groups in total. The molecule has 0 radical (unpaired) electrons. The van der Waals surface area contributed by atoms with Crippen molar-refractivity contribution in [2.24, 2.45) is 7.05 Å². The van der Waals surface area contributed by atoms with Gasteiger partial charge in [-0.3, -0.25) is 9.48 Å². The van der Waals surface area contributed by atoms with E-state index in [0.29, 0.717) is 6.04 Å². The minimum Gasteiger partial charge on any atom is -0.347 e. The van der Waals surface area contributed by atoms with Crippen LogP contribution in [0.2, 0.25) is 0 Å². The molecule has 0 aromatic carbocycles. The second kappa shape index (κ2) is 4.91. The quantitative estimate of drug-likeness (QED) is 0.823. The molecule has 2 aromatic heterocycles. The first-order valence-corrected chi connectivity index (χ1v) is 6.65. The Bertz CT molecular complexity index is 558. The van der Waals surface area contributed by atoms with E-state index in [2.05, 4.69) is 5.10 Å². The van der Waals surface area contributed by atoms with Gasteiger partial charge in [-0.1, -0.05) is 0 Å². The third-order valence-corrected chi connectivity index (χ3v) is 3.75. The van der Waals surface area contributed by atoms with E-state index in [1.807, 2.05) is 51.8 Å². The number of nitrogens with zero attached hydrogens (tertiary/aromatic N) is 4. The van der Waals surface area contributed by atoms with Crippen LogP contribution in [0.1, 0.15) is 29.4 Å². The number of carbonyl (C=O) groups excluding carboxylic acids is 1. The van der Waals surface area contributed by atoms with Crippen LogP contribution in [0, 0.1) is 0 Å². The molecule has 1 amide bonds. The van der Waals surface area contributed by atoms with E-state index in [0.717, 1.165) is 31.6 Å². The van der Waals surface area contributed by atoms with Crippen molar-refractivity contribution in [3.63, 3.8) is 0 Å². The van der Waals surface area contributed by atoms with E-state index in [1.165, 1.54) is 0 Å². The van der Waals surface area contributed by atoms with Gasteiger partial charge in [0, 0.05) is 38.7 Å². The van der Waals surface area contributed by atoms with E-state index < -0.39 is 0 Å². The van der Waals surface area contributed by atoms with Gasteiger partial charge < -0.3 is 9.47 Å². The minimum atomic E-state index is 0.115. The summed E-state index contributed by atoms with van der Waals surface area (Å²) in [6, 6.07) is 6.01. The smallest absolute Gasteiger partial charge is 0.270 e. The van der Waals surface area contributed by atoms with E-state index >= 15 is 0 Å². The number of aromatic nitrogens is 3. The molecule has 0 saturated carbocycles. The van der Waals surface area contributed by atoms with Crippen LogP contribution in [-0.2, 0) is 7.05 Å². The minimum absolute atomic E-state index is 0.115. The maximum atomic E-state index is 12.5. The molecule has 2 aromatic rings. The van der Waals surface area contributed by atoms with Gasteiger partial charge in [0.05, 0.1) is 6.04 Å². The first-order valence-electron chi connectivity index (χ1n) is 6.65. The number of amides is 1. The van der Waals surface area contributed by atoms with Crippen LogP contribution in [-0.4, -0.2) is 38.2 Å². The van der Waals surface area contributed by atoms with Gasteiger partial charge in [-0.25, -0.2) is 0 Å². The molecule has 1 saturated heterocycles. The Labute approximate surface area is 112 Å². The molecule has 0 spiro atoms. The molecule has 1 aliphatic heterocycles. The summed E-state index contributed by atoms with van der Waals surface area (Å²) in [7, 11) is 1.90. The number of carbonyl (C=O) groups is 1. The molecule has 1 atom stereocenters. The zero-order valence-electron chi connectivity index (χ0n) is 11.1. The van der Waals surface area contributed by atoms with Crippen molar-refractivity contribution in [2.75, 3.05) is 13.1 Å². The van der Waals surface area contributed by atoms with Gasteiger partial charge in [0.25, 0.3) is 5.91 Å². The summed E-state index contributed by atoms with van der Waals surface area (Å²) in [5.74, 6) is 0.115. The van der Waals surface area contributed by atoms with Gasteiger partial charge in [-0.15, -0.1) is 0 Å². The summed E-state index contributed by atoms with van der Waals surface area (Å²) >= 11 is 0. The Morgan fingerprint density at radius 3 is 2.95 bits per heavy atom. The van der Waals surface area contributed by atoms with Crippen LogP contribution < -0.4 is 0 Å². The molecule has 3 heterocycles. The van der Waals surface area contributed by atoms with E-state index in [1.54, 1.807) is 6.20 Å². The monoisotopic (exact) mass is 258 g/mol. The molecule has 0 bridgehead atoms. The summed E-state index contributed by atoms with van der Waals surface area (Å²) in [6.07, 6.45) is 7.78. The molecule has 0 unspecified atom stereocenters. The number of aryl methyl sites for hydroxylation is 1. The first-order chi connectivity index (χ1) is 9.25. The van der Waals surface area contributed by atoms with Crippen LogP contribution in [0.25, 0.3) is 0 Å². The fourth-order valence-corrected chi connectivity index (χ4v) is 2.70. The lowest BCUT2D eigenvalue weighted by Gasteiger charge is -2.32. The highest BCUT2D eigenvalue weighted by atomic mass is 16.2. The molecule has 3 rings (SSSR count). The fraction of sp³-hybridized carbons (Fsp3) is 0.429. The fourth-order valence-electron chi connectivity index (χ4n) is 2.70. The van der Waals surface area contributed by atoms with Crippen molar-refractivity contribution in [1.82, 2.24) is 19.2 Å². The number of hydrogen-bond donors (Lipinski definition) is 0. The zero-order chi connectivity index (χ0) is 13.2. The molecule has 100 valence electrons. The zero-order valence-corrected chi connectivity index (χ0v) is 11.1. The second-order valence-corrected chi connectivity index (χ2v) is 5.04. The van der Waals surface area contributed by atoms with Crippen molar-refractivity contribution in [3.8, 4) is 0 Å². The largest absolute Gasteiger partial charge is 0.347 e.